The first-order valence-corrected chi connectivity index (χ1v) is 10.4. The maximum Gasteiger partial charge on any atom is 0.279 e. The maximum atomic E-state index is 12.7. The summed E-state index contributed by atoms with van der Waals surface area (Å²) in [5.41, 5.74) is 1.54. The number of anilines is 1. The van der Waals surface area contributed by atoms with Gasteiger partial charge >= 0.3 is 0 Å². The molecule has 0 fully saturated rings. The number of nitrogens with one attached hydrogen (secondary N) is 1. The summed E-state index contributed by atoms with van der Waals surface area (Å²) >= 11 is 1.47. The standard InChI is InChI=1S/C22H15N5O5S/c1-13-19(26(29)30)10-16(11-20(13)27(31)32)21(28)24-17-4-2-3-15(9-17)18-12-33-22(25-18)14-5-7-23-8-6-14/h2-12H,1H3,(H,24,28). The van der Waals surface area contributed by atoms with Gasteiger partial charge in [-0.15, -0.1) is 11.3 Å². The number of pyridine rings is 1. The van der Waals surface area contributed by atoms with Crippen molar-refractivity contribution in [3.8, 4) is 21.8 Å². The third-order valence-electron chi connectivity index (χ3n) is 4.86. The Balaban J connectivity index is 1.61. The number of amides is 1. The fraction of sp³-hybridized carbons (Fsp3) is 0.0455. The second-order valence-corrected chi connectivity index (χ2v) is 7.82. The lowest BCUT2D eigenvalue weighted by molar-refractivity contribution is -0.395. The Hall–Kier alpha value is -4.51. The van der Waals surface area contributed by atoms with Gasteiger partial charge in [0.25, 0.3) is 17.3 Å². The summed E-state index contributed by atoms with van der Waals surface area (Å²) in [5, 5.41) is 27.9. The summed E-state index contributed by atoms with van der Waals surface area (Å²) in [7, 11) is 0. The van der Waals surface area contributed by atoms with E-state index in [0.717, 1.165) is 28.3 Å². The van der Waals surface area contributed by atoms with Crippen LogP contribution in [-0.2, 0) is 0 Å². The monoisotopic (exact) mass is 461 g/mol. The van der Waals surface area contributed by atoms with Crippen LogP contribution in [0.3, 0.4) is 0 Å². The van der Waals surface area contributed by atoms with Gasteiger partial charge in [-0.25, -0.2) is 4.98 Å². The second kappa shape index (κ2) is 8.93. The average molecular weight is 461 g/mol. The van der Waals surface area contributed by atoms with Crippen molar-refractivity contribution < 1.29 is 14.6 Å². The molecule has 0 unspecified atom stereocenters. The maximum absolute atomic E-state index is 12.7. The molecule has 4 aromatic rings. The third-order valence-corrected chi connectivity index (χ3v) is 5.75. The largest absolute Gasteiger partial charge is 0.322 e. The van der Waals surface area contributed by atoms with E-state index >= 15 is 0 Å². The molecule has 0 spiro atoms. The van der Waals surface area contributed by atoms with E-state index in [1.807, 2.05) is 23.6 Å². The van der Waals surface area contributed by atoms with Gasteiger partial charge in [0.05, 0.1) is 21.1 Å². The van der Waals surface area contributed by atoms with Crippen LogP contribution in [0.4, 0.5) is 17.1 Å². The van der Waals surface area contributed by atoms with Crippen LogP contribution >= 0.6 is 11.3 Å². The Morgan fingerprint density at radius 1 is 0.970 bits per heavy atom. The highest BCUT2D eigenvalue weighted by Crippen LogP contribution is 2.31. The minimum absolute atomic E-state index is 0.114. The Morgan fingerprint density at radius 2 is 1.64 bits per heavy atom. The fourth-order valence-electron chi connectivity index (χ4n) is 3.19. The number of carbonyl (C=O) groups excluding carboxylic acids is 1. The van der Waals surface area contributed by atoms with E-state index < -0.39 is 27.1 Å². The molecule has 33 heavy (non-hydrogen) atoms. The number of nitrogens with zero attached hydrogens (tertiary/aromatic N) is 4. The zero-order valence-corrected chi connectivity index (χ0v) is 17.9. The van der Waals surface area contributed by atoms with Gasteiger partial charge in [-0.05, 0) is 31.2 Å². The Kier molecular flexibility index (Phi) is 5.87. The Morgan fingerprint density at radius 3 is 2.27 bits per heavy atom. The number of hydrogen-bond acceptors (Lipinski definition) is 8. The Bertz CT molecular complexity index is 1350. The van der Waals surface area contributed by atoms with Gasteiger partial charge in [0.1, 0.15) is 10.6 Å². The molecule has 0 aliphatic carbocycles. The molecule has 1 N–H and O–H groups in total. The molecular formula is C22H15N5O5S. The quantitative estimate of drug-likeness (QED) is 0.305. The van der Waals surface area contributed by atoms with Gasteiger partial charge in [-0.2, -0.15) is 0 Å². The molecule has 11 heteroatoms. The first-order valence-electron chi connectivity index (χ1n) is 9.54. The number of rotatable bonds is 6. The molecule has 0 saturated carbocycles. The summed E-state index contributed by atoms with van der Waals surface area (Å²) in [5.74, 6) is -0.700. The van der Waals surface area contributed by atoms with Gasteiger partial charge in [0.2, 0.25) is 0 Å². The van der Waals surface area contributed by atoms with E-state index in [-0.39, 0.29) is 11.1 Å². The molecule has 2 aromatic heterocycles. The molecule has 0 atom stereocenters. The zero-order chi connectivity index (χ0) is 23.5. The molecule has 0 saturated heterocycles. The second-order valence-electron chi connectivity index (χ2n) is 6.96. The summed E-state index contributed by atoms with van der Waals surface area (Å²) in [4.78, 5) is 42.4. The summed E-state index contributed by atoms with van der Waals surface area (Å²) in [6.45, 7) is 1.27. The van der Waals surface area contributed by atoms with Crippen molar-refractivity contribution in [1.29, 1.82) is 0 Å². The molecule has 0 bridgehead atoms. The van der Waals surface area contributed by atoms with E-state index in [4.69, 9.17) is 0 Å². The van der Waals surface area contributed by atoms with Crippen molar-refractivity contribution >= 4 is 34.3 Å². The minimum Gasteiger partial charge on any atom is -0.322 e. The molecule has 1 amide bonds. The lowest BCUT2D eigenvalue weighted by atomic mass is 10.1. The Labute approximate surface area is 190 Å². The predicted octanol–water partition coefficient (Wildman–Crippen LogP) is 5.25. The van der Waals surface area contributed by atoms with Crippen molar-refractivity contribution in [3.63, 3.8) is 0 Å². The molecule has 2 heterocycles. The van der Waals surface area contributed by atoms with Crippen LogP contribution in [0, 0.1) is 27.2 Å². The van der Waals surface area contributed by atoms with E-state index in [0.29, 0.717) is 11.4 Å². The summed E-state index contributed by atoms with van der Waals surface area (Å²) in [6, 6.07) is 12.7. The number of benzene rings is 2. The van der Waals surface area contributed by atoms with Crippen molar-refractivity contribution in [3.05, 3.63) is 97.7 Å². The van der Waals surface area contributed by atoms with Crippen molar-refractivity contribution in [2.24, 2.45) is 0 Å². The first kappa shape index (κ1) is 21.7. The smallest absolute Gasteiger partial charge is 0.279 e. The summed E-state index contributed by atoms with van der Waals surface area (Å²) < 4.78 is 0. The number of nitro benzene ring substituents is 2. The van der Waals surface area contributed by atoms with E-state index in [2.05, 4.69) is 15.3 Å². The topological polar surface area (TPSA) is 141 Å². The van der Waals surface area contributed by atoms with E-state index in [1.54, 1.807) is 30.6 Å². The van der Waals surface area contributed by atoms with Crippen LogP contribution in [0.1, 0.15) is 15.9 Å². The van der Waals surface area contributed by atoms with Gasteiger partial charge in [0, 0.05) is 46.7 Å². The third kappa shape index (κ3) is 4.57. The zero-order valence-electron chi connectivity index (χ0n) is 17.1. The van der Waals surface area contributed by atoms with Crippen molar-refractivity contribution in [2.45, 2.75) is 6.92 Å². The lowest BCUT2D eigenvalue weighted by Gasteiger charge is -2.08. The molecule has 0 radical (unpaired) electrons. The molecule has 10 nitrogen and oxygen atoms in total. The van der Waals surface area contributed by atoms with Crippen LogP contribution in [0.5, 0.6) is 0 Å². The van der Waals surface area contributed by atoms with E-state index in [9.17, 15) is 25.0 Å². The van der Waals surface area contributed by atoms with Gasteiger partial charge in [0.15, 0.2) is 0 Å². The van der Waals surface area contributed by atoms with Crippen LogP contribution in [0.25, 0.3) is 21.8 Å². The average Bonchev–Trinajstić information content (AvgIpc) is 3.30. The van der Waals surface area contributed by atoms with Crippen LogP contribution < -0.4 is 5.32 Å². The molecule has 2 aromatic carbocycles. The van der Waals surface area contributed by atoms with Crippen LogP contribution in [0.15, 0.2) is 66.3 Å². The number of carbonyl (C=O) groups is 1. The van der Waals surface area contributed by atoms with E-state index in [1.165, 1.54) is 18.3 Å². The normalized spacial score (nSPS) is 10.6. The number of nitro groups is 2. The number of hydrogen-bond donors (Lipinski definition) is 1. The molecule has 0 aliphatic rings. The van der Waals surface area contributed by atoms with Gasteiger partial charge < -0.3 is 5.32 Å². The van der Waals surface area contributed by atoms with Crippen LogP contribution in [-0.4, -0.2) is 25.7 Å². The first-order chi connectivity index (χ1) is 15.8. The summed E-state index contributed by atoms with van der Waals surface area (Å²) in [6.07, 6.45) is 3.37. The van der Waals surface area contributed by atoms with Crippen LogP contribution in [0.2, 0.25) is 0 Å². The van der Waals surface area contributed by atoms with Crippen molar-refractivity contribution in [1.82, 2.24) is 9.97 Å². The molecule has 4 rings (SSSR count). The van der Waals surface area contributed by atoms with Gasteiger partial charge in [-0.1, -0.05) is 12.1 Å². The van der Waals surface area contributed by atoms with Gasteiger partial charge in [-0.3, -0.25) is 30.0 Å². The fourth-order valence-corrected chi connectivity index (χ4v) is 4.02. The number of thiazole rings is 1. The predicted molar refractivity (Wildman–Crippen MR) is 123 cm³/mol. The molecule has 0 aliphatic heterocycles. The minimum atomic E-state index is -0.748. The SMILES string of the molecule is Cc1c([N+](=O)[O-])cc(C(=O)Nc2cccc(-c3csc(-c4ccncc4)n3)c2)cc1[N+](=O)[O-]. The highest BCUT2D eigenvalue weighted by molar-refractivity contribution is 7.13. The molecule has 164 valence electrons. The van der Waals surface area contributed by atoms with Crippen molar-refractivity contribution in [2.75, 3.05) is 5.32 Å². The molecular weight excluding hydrogens is 446 g/mol. The highest BCUT2D eigenvalue weighted by atomic mass is 32.1. The highest BCUT2D eigenvalue weighted by Gasteiger charge is 2.25. The number of aromatic nitrogens is 2. The lowest BCUT2D eigenvalue weighted by Crippen LogP contribution is -2.13.